The number of methoxy groups -OCH3 is 1. The average Bonchev–Trinajstić information content (AvgIpc) is 2.68. The molecule has 1 aliphatic rings. The van der Waals surface area contributed by atoms with E-state index in [1.807, 2.05) is 30.3 Å². The maximum Gasteiger partial charge on any atom is 0.248 e. The largest absolute Gasteiger partial charge is 0.387 e. The molecule has 25 heavy (non-hydrogen) atoms. The Morgan fingerprint density at radius 2 is 2.20 bits per heavy atom. The van der Waals surface area contributed by atoms with Crippen LogP contribution in [0.3, 0.4) is 0 Å². The van der Waals surface area contributed by atoms with Gasteiger partial charge in [-0.05, 0) is 28.7 Å². The van der Waals surface area contributed by atoms with Gasteiger partial charge in [-0.3, -0.25) is 9.18 Å². The number of amides is 1. The minimum atomic E-state index is -0.909. The molecule has 0 radical (unpaired) electrons. The first-order chi connectivity index (χ1) is 12.1. The minimum absolute atomic E-state index is 0.274. The highest BCUT2D eigenvalue weighted by Gasteiger charge is 2.22. The lowest BCUT2D eigenvalue weighted by Gasteiger charge is -2.26. The Morgan fingerprint density at radius 3 is 2.68 bits per heavy atom. The quantitative estimate of drug-likeness (QED) is 0.466. The lowest BCUT2D eigenvalue weighted by molar-refractivity contribution is -0.133. The number of hydrogen-bond acceptors (Lipinski definition) is 4. The van der Waals surface area contributed by atoms with Gasteiger partial charge < -0.3 is 14.7 Å². The summed E-state index contributed by atoms with van der Waals surface area (Å²) in [7, 11) is 1.45. The maximum atomic E-state index is 13.1. The van der Waals surface area contributed by atoms with E-state index in [0.29, 0.717) is 19.5 Å². The van der Waals surface area contributed by atoms with Crippen molar-refractivity contribution < 1.29 is 19.0 Å². The second-order valence-electron chi connectivity index (χ2n) is 5.68. The lowest BCUT2D eigenvalue weighted by atomic mass is 9.96. The van der Waals surface area contributed by atoms with E-state index in [2.05, 4.69) is 10.0 Å². The normalized spacial score (nSPS) is 16.6. The summed E-state index contributed by atoms with van der Waals surface area (Å²) in [5, 5.41) is 12.3. The Bertz CT molecular complexity index is 671. The zero-order chi connectivity index (χ0) is 18.2. The number of aliphatic hydroxyl groups is 1. The number of benzene rings is 1. The molecule has 2 rings (SSSR count). The van der Waals surface area contributed by atoms with Gasteiger partial charge in [-0.15, -0.1) is 0 Å². The fourth-order valence-corrected chi connectivity index (χ4v) is 2.90. The van der Waals surface area contributed by atoms with E-state index in [1.54, 1.807) is 4.90 Å². The molecule has 134 valence electrons. The lowest BCUT2D eigenvalue weighted by Crippen LogP contribution is -2.36. The number of aliphatic hydroxyl groups excluding tert-OH is 1. The summed E-state index contributed by atoms with van der Waals surface area (Å²) in [5.74, 6) is -0.274. The Kier molecular flexibility index (Phi) is 6.94. The summed E-state index contributed by atoms with van der Waals surface area (Å²) in [6.45, 7) is -0.242. The van der Waals surface area contributed by atoms with Crippen molar-refractivity contribution in [3.63, 3.8) is 0 Å². The van der Waals surface area contributed by atoms with E-state index in [1.165, 1.54) is 7.11 Å². The zero-order valence-corrected chi connectivity index (χ0v) is 14.0. The number of carbonyl (C=O) groups excluding carboxylic acids is 1. The van der Waals surface area contributed by atoms with Gasteiger partial charge in [0.05, 0.1) is 12.1 Å². The van der Waals surface area contributed by atoms with Crippen LogP contribution in [-0.2, 0) is 9.53 Å². The first-order valence-electron chi connectivity index (χ1n) is 7.95. The second kappa shape index (κ2) is 9.17. The molecule has 1 aliphatic heterocycles. The summed E-state index contributed by atoms with van der Waals surface area (Å²) in [4.78, 5) is 15.7. The topological polar surface area (TPSA) is 98.5 Å². The van der Waals surface area contributed by atoms with E-state index >= 15 is 0 Å². The summed E-state index contributed by atoms with van der Waals surface area (Å²) in [6, 6.07) is 6.55. The van der Waals surface area contributed by atoms with Gasteiger partial charge >= 0.3 is 0 Å². The monoisotopic (exact) mass is 348 g/mol. The minimum Gasteiger partial charge on any atom is -0.387 e. The van der Waals surface area contributed by atoms with Crippen molar-refractivity contribution in [1.82, 2.24) is 4.90 Å². The molecule has 7 nitrogen and oxygen atoms in total. The van der Waals surface area contributed by atoms with Crippen molar-refractivity contribution in [1.29, 1.82) is 0 Å². The Morgan fingerprint density at radius 1 is 1.48 bits per heavy atom. The van der Waals surface area contributed by atoms with Gasteiger partial charge in [0.25, 0.3) is 0 Å². The van der Waals surface area contributed by atoms with Gasteiger partial charge in [0.15, 0.2) is 0 Å². The van der Waals surface area contributed by atoms with Crippen LogP contribution in [0.4, 0.5) is 4.39 Å². The molecule has 0 saturated carbocycles. The number of hydrogen-bond donors (Lipinski definition) is 1. The number of azide groups is 1. The fourth-order valence-electron chi connectivity index (χ4n) is 2.90. The number of ether oxygens (including phenoxy) is 1. The number of halogens is 1. The highest BCUT2D eigenvalue weighted by atomic mass is 19.1. The van der Waals surface area contributed by atoms with Gasteiger partial charge in [-0.25, -0.2) is 0 Å². The predicted molar refractivity (Wildman–Crippen MR) is 91.4 cm³/mol. The molecule has 0 spiro atoms. The summed E-state index contributed by atoms with van der Waals surface area (Å²) in [5.41, 5.74) is 11.4. The highest BCUT2D eigenvalue weighted by molar-refractivity contribution is 5.79. The molecule has 0 fully saturated rings. The summed E-state index contributed by atoms with van der Waals surface area (Å²) in [6.07, 6.45) is 2.02. The third-order valence-corrected chi connectivity index (χ3v) is 4.27. The van der Waals surface area contributed by atoms with E-state index in [-0.39, 0.29) is 5.91 Å². The highest BCUT2D eigenvalue weighted by Crippen LogP contribution is 2.27. The number of alkyl halides is 1. The molecule has 1 amide bonds. The SMILES string of the molecule is CO[C@H](c1ccc(C2=CCN(C(=O)CO)CC2)cc1)[C@@H](CF)N=[N+]=[N-]. The molecule has 0 bridgehead atoms. The van der Waals surface area contributed by atoms with Gasteiger partial charge in [0.2, 0.25) is 5.91 Å². The molecule has 0 aromatic heterocycles. The van der Waals surface area contributed by atoms with Crippen LogP contribution in [0.5, 0.6) is 0 Å². The molecule has 8 heteroatoms. The summed E-state index contributed by atoms with van der Waals surface area (Å²) < 4.78 is 18.4. The van der Waals surface area contributed by atoms with Crippen molar-refractivity contribution >= 4 is 11.5 Å². The van der Waals surface area contributed by atoms with Crippen molar-refractivity contribution in [2.45, 2.75) is 18.6 Å². The second-order valence-corrected chi connectivity index (χ2v) is 5.68. The summed E-state index contributed by atoms with van der Waals surface area (Å²) >= 11 is 0. The van der Waals surface area contributed by atoms with Crippen LogP contribution in [0.2, 0.25) is 0 Å². The molecule has 1 heterocycles. The van der Waals surface area contributed by atoms with Crippen molar-refractivity contribution in [3.05, 3.63) is 51.9 Å². The number of rotatable bonds is 7. The third-order valence-electron chi connectivity index (χ3n) is 4.27. The van der Waals surface area contributed by atoms with Crippen LogP contribution >= 0.6 is 0 Å². The fraction of sp³-hybridized carbons (Fsp3) is 0.471. The molecule has 1 aromatic carbocycles. The van der Waals surface area contributed by atoms with Gasteiger partial charge in [0, 0.05) is 25.1 Å². The standard InChI is InChI=1S/C17H21FN4O3/c1-25-17(15(10-18)20-21-19)14-4-2-12(3-5-14)13-6-8-22(9-7-13)16(24)11-23/h2-6,15,17,23H,7-11H2,1H3/t15-,17-/m1/s1. The van der Waals surface area contributed by atoms with Crippen LogP contribution in [0.15, 0.2) is 35.5 Å². The van der Waals surface area contributed by atoms with E-state index in [4.69, 9.17) is 15.4 Å². The zero-order valence-electron chi connectivity index (χ0n) is 14.0. The first-order valence-corrected chi connectivity index (χ1v) is 7.95. The molecular formula is C17H21FN4O3. The molecule has 2 atom stereocenters. The Labute approximate surface area is 145 Å². The molecule has 1 N–H and O–H groups in total. The van der Waals surface area contributed by atoms with Gasteiger partial charge in [-0.1, -0.05) is 35.5 Å². The van der Waals surface area contributed by atoms with Crippen LogP contribution in [0.1, 0.15) is 23.7 Å². The van der Waals surface area contributed by atoms with Crippen molar-refractivity contribution in [2.75, 3.05) is 33.5 Å². The molecule has 0 saturated heterocycles. The van der Waals surface area contributed by atoms with E-state index < -0.39 is 25.4 Å². The van der Waals surface area contributed by atoms with Crippen LogP contribution in [0.25, 0.3) is 16.0 Å². The van der Waals surface area contributed by atoms with E-state index in [9.17, 15) is 9.18 Å². The van der Waals surface area contributed by atoms with Crippen LogP contribution < -0.4 is 0 Å². The molecule has 1 aromatic rings. The third kappa shape index (κ3) is 4.57. The smallest absolute Gasteiger partial charge is 0.248 e. The molecule has 0 aliphatic carbocycles. The van der Waals surface area contributed by atoms with Crippen LogP contribution in [0, 0.1) is 0 Å². The maximum absolute atomic E-state index is 13.1. The number of carbonyl (C=O) groups is 1. The molecule has 0 unspecified atom stereocenters. The van der Waals surface area contributed by atoms with Crippen LogP contribution in [-0.4, -0.2) is 55.4 Å². The van der Waals surface area contributed by atoms with Gasteiger partial charge in [0.1, 0.15) is 13.3 Å². The Balaban J connectivity index is 2.13. The average molecular weight is 348 g/mol. The first kappa shape index (κ1) is 18.9. The predicted octanol–water partition coefficient (Wildman–Crippen LogP) is 2.63. The van der Waals surface area contributed by atoms with Gasteiger partial charge in [-0.2, -0.15) is 0 Å². The number of nitrogens with zero attached hydrogens (tertiary/aromatic N) is 4. The van der Waals surface area contributed by atoms with Crippen molar-refractivity contribution in [2.24, 2.45) is 5.11 Å². The van der Waals surface area contributed by atoms with Crippen molar-refractivity contribution in [3.8, 4) is 0 Å². The molecular weight excluding hydrogens is 327 g/mol. The Hall–Kier alpha value is -2.41. The van der Waals surface area contributed by atoms with E-state index in [0.717, 1.165) is 16.7 Å².